The Morgan fingerprint density at radius 2 is 1.77 bits per heavy atom. The number of amides is 4. The highest BCUT2D eigenvalue weighted by atomic mass is 32.2. The molecule has 0 aliphatic carbocycles. The molecule has 3 heterocycles. The van der Waals surface area contributed by atoms with Crippen molar-refractivity contribution in [2.45, 2.75) is 128 Å². The summed E-state index contributed by atoms with van der Waals surface area (Å²) in [7, 11) is -3.62. The zero-order valence-corrected chi connectivity index (χ0v) is 28.6. The molecule has 1 aromatic rings. The molecule has 1 unspecified atom stereocenters. The molecular formula is C31H51N5O6S2. The summed E-state index contributed by atoms with van der Waals surface area (Å²) in [5, 5.41) is 10.1. The topological polar surface area (TPSA) is 145 Å². The van der Waals surface area contributed by atoms with E-state index in [2.05, 4.69) is 22.9 Å². The van der Waals surface area contributed by atoms with Gasteiger partial charge >= 0.3 is 6.03 Å². The highest BCUT2D eigenvalue weighted by Crippen LogP contribution is 2.35. The SMILES string of the molecule is CCCCCCCCC[C@@](C)(C=O)NC(=O)[C@@H]1CCCN1C(=O)CNC(=O)NC(CN1Cc2sccc2S1(=O)=O)C(C)(C)C. The molecule has 0 radical (unpaired) electrons. The first-order valence-corrected chi connectivity index (χ1v) is 18.2. The minimum Gasteiger partial charge on any atom is -0.342 e. The number of hydrogen-bond donors (Lipinski definition) is 3. The Morgan fingerprint density at radius 3 is 2.41 bits per heavy atom. The van der Waals surface area contributed by atoms with E-state index in [1.165, 1.54) is 46.2 Å². The van der Waals surface area contributed by atoms with Gasteiger partial charge in [0.2, 0.25) is 21.8 Å². The molecule has 1 fully saturated rings. The molecule has 2 aliphatic rings. The van der Waals surface area contributed by atoms with Crippen molar-refractivity contribution in [3.8, 4) is 0 Å². The number of nitrogens with zero attached hydrogens (tertiary/aromatic N) is 2. The van der Waals surface area contributed by atoms with Gasteiger partial charge in [0.25, 0.3) is 0 Å². The lowest BCUT2D eigenvalue weighted by atomic mass is 9.86. The second kappa shape index (κ2) is 15.7. The highest BCUT2D eigenvalue weighted by molar-refractivity contribution is 7.89. The molecule has 1 saturated heterocycles. The largest absolute Gasteiger partial charge is 0.342 e. The second-order valence-electron chi connectivity index (χ2n) is 13.4. The predicted octanol–water partition coefficient (Wildman–Crippen LogP) is 4.17. The van der Waals surface area contributed by atoms with Crippen molar-refractivity contribution in [2.24, 2.45) is 5.41 Å². The minimum atomic E-state index is -3.62. The molecule has 11 nitrogen and oxygen atoms in total. The number of nitrogens with one attached hydrogen (secondary N) is 3. The van der Waals surface area contributed by atoms with Crippen LogP contribution in [-0.2, 0) is 31.0 Å². The number of unbranched alkanes of at least 4 members (excludes halogenated alkanes) is 6. The van der Waals surface area contributed by atoms with Gasteiger partial charge in [-0.15, -0.1) is 11.3 Å². The highest BCUT2D eigenvalue weighted by Gasteiger charge is 2.40. The van der Waals surface area contributed by atoms with E-state index in [-0.39, 0.29) is 25.5 Å². The second-order valence-corrected chi connectivity index (χ2v) is 16.3. The van der Waals surface area contributed by atoms with E-state index in [9.17, 15) is 27.6 Å². The molecule has 0 saturated carbocycles. The molecule has 248 valence electrons. The summed E-state index contributed by atoms with van der Waals surface area (Å²) in [6, 6.07) is -0.212. The van der Waals surface area contributed by atoms with Gasteiger partial charge in [-0.3, -0.25) is 9.59 Å². The number of urea groups is 1. The van der Waals surface area contributed by atoms with Crippen LogP contribution in [0.25, 0.3) is 0 Å². The van der Waals surface area contributed by atoms with Crippen LogP contribution >= 0.6 is 11.3 Å². The summed E-state index contributed by atoms with van der Waals surface area (Å²) in [5.41, 5.74) is -1.46. The van der Waals surface area contributed by atoms with E-state index >= 15 is 0 Å². The quantitative estimate of drug-likeness (QED) is 0.180. The van der Waals surface area contributed by atoms with Crippen LogP contribution in [0.15, 0.2) is 16.3 Å². The van der Waals surface area contributed by atoms with Gasteiger partial charge in [-0.1, -0.05) is 72.6 Å². The van der Waals surface area contributed by atoms with Crippen molar-refractivity contribution >= 4 is 45.5 Å². The Labute approximate surface area is 266 Å². The summed E-state index contributed by atoms with van der Waals surface area (Å²) in [4.78, 5) is 53.7. The predicted molar refractivity (Wildman–Crippen MR) is 172 cm³/mol. The van der Waals surface area contributed by atoms with Crippen molar-refractivity contribution in [1.29, 1.82) is 0 Å². The molecular weight excluding hydrogens is 603 g/mol. The molecule has 3 atom stereocenters. The third-order valence-corrected chi connectivity index (χ3v) is 11.6. The van der Waals surface area contributed by atoms with Gasteiger partial charge in [0, 0.05) is 30.6 Å². The number of carbonyl (C=O) groups is 4. The number of hydrogen-bond acceptors (Lipinski definition) is 7. The maximum absolute atomic E-state index is 13.2. The van der Waals surface area contributed by atoms with E-state index in [1.54, 1.807) is 18.4 Å². The molecule has 2 aliphatic heterocycles. The molecule has 0 spiro atoms. The van der Waals surface area contributed by atoms with Crippen LogP contribution in [0, 0.1) is 5.41 Å². The summed E-state index contributed by atoms with van der Waals surface area (Å²) < 4.78 is 27.3. The van der Waals surface area contributed by atoms with Crippen LogP contribution in [0.1, 0.15) is 104 Å². The lowest BCUT2D eigenvalue weighted by Gasteiger charge is -2.34. The average Bonchev–Trinajstić information content (AvgIpc) is 3.69. The summed E-state index contributed by atoms with van der Waals surface area (Å²) in [6.07, 6.45) is 10.2. The number of rotatable bonds is 16. The molecule has 3 rings (SSSR count). The van der Waals surface area contributed by atoms with Crippen LogP contribution in [0.2, 0.25) is 0 Å². The first-order chi connectivity index (χ1) is 20.7. The fourth-order valence-electron chi connectivity index (χ4n) is 5.73. The maximum atomic E-state index is 13.2. The third kappa shape index (κ3) is 9.50. The summed E-state index contributed by atoms with van der Waals surface area (Å²) in [6.45, 7) is 10.1. The molecule has 0 aromatic carbocycles. The van der Waals surface area contributed by atoms with Crippen LogP contribution in [0.4, 0.5) is 4.79 Å². The normalized spacial score (nSPS) is 20.0. The summed E-state index contributed by atoms with van der Waals surface area (Å²) >= 11 is 1.39. The molecule has 0 bridgehead atoms. The number of carbonyl (C=O) groups excluding carboxylic acids is 4. The Kier molecular flexibility index (Phi) is 12.8. The first-order valence-electron chi connectivity index (χ1n) is 15.9. The zero-order chi connectivity index (χ0) is 32.5. The smallest absolute Gasteiger partial charge is 0.315 e. The van der Waals surface area contributed by atoms with Gasteiger partial charge in [0.05, 0.1) is 17.0 Å². The van der Waals surface area contributed by atoms with Gasteiger partial charge in [0.15, 0.2) is 0 Å². The van der Waals surface area contributed by atoms with Crippen LogP contribution < -0.4 is 16.0 Å². The molecule has 4 amide bonds. The van der Waals surface area contributed by atoms with Crippen molar-refractivity contribution in [3.05, 3.63) is 16.3 Å². The average molecular weight is 654 g/mol. The van der Waals surface area contributed by atoms with E-state index in [4.69, 9.17) is 0 Å². The Hall–Kier alpha value is -2.51. The van der Waals surface area contributed by atoms with Gasteiger partial charge in [-0.05, 0) is 43.0 Å². The van der Waals surface area contributed by atoms with Gasteiger partial charge < -0.3 is 25.6 Å². The number of aldehydes is 1. The monoisotopic (exact) mass is 653 g/mol. The molecule has 44 heavy (non-hydrogen) atoms. The molecule has 1 aromatic heterocycles. The fourth-order valence-corrected chi connectivity index (χ4v) is 8.66. The van der Waals surface area contributed by atoms with E-state index in [0.29, 0.717) is 30.7 Å². The number of likely N-dealkylation sites (tertiary alicyclic amines) is 1. The van der Waals surface area contributed by atoms with Crippen molar-refractivity contribution in [2.75, 3.05) is 19.6 Å². The maximum Gasteiger partial charge on any atom is 0.315 e. The fraction of sp³-hybridized carbons (Fsp3) is 0.742. The Balaban J connectivity index is 1.49. The van der Waals surface area contributed by atoms with E-state index in [1.807, 2.05) is 20.8 Å². The number of fused-ring (bicyclic) bond motifs is 1. The third-order valence-electron chi connectivity index (χ3n) is 8.62. The van der Waals surface area contributed by atoms with Crippen molar-refractivity contribution in [3.63, 3.8) is 0 Å². The van der Waals surface area contributed by atoms with Crippen LogP contribution in [-0.4, -0.2) is 79.0 Å². The lowest BCUT2D eigenvalue weighted by Crippen LogP contribution is -2.56. The molecule has 13 heteroatoms. The van der Waals surface area contributed by atoms with Gasteiger partial charge in [-0.25, -0.2) is 13.2 Å². The lowest BCUT2D eigenvalue weighted by molar-refractivity contribution is -0.139. The number of thiophene rings is 1. The zero-order valence-electron chi connectivity index (χ0n) is 26.9. The van der Waals surface area contributed by atoms with E-state index < -0.39 is 45.0 Å². The first kappa shape index (κ1) is 36.0. The van der Waals surface area contributed by atoms with Gasteiger partial charge in [-0.2, -0.15) is 4.31 Å². The van der Waals surface area contributed by atoms with Gasteiger partial charge in [0.1, 0.15) is 12.3 Å². The minimum absolute atomic E-state index is 0.0946. The number of sulfonamides is 1. The Bertz CT molecular complexity index is 1260. The van der Waals surface area contributed by atoms with Crippen LogP contribution in [0.3, 0.4) is 0 Å². The Morgan fingerprint density at radius 1 is 1.09 bits per heavy atom. The van der Waals surface area contributed by atoms with Crippen molar-refractivity contribution < 1.29 is 27.6 Å². The molecule has 3 N–H and O–H groups in total. The summed E-state index contributed by atoms with van der Waals surface area (Å²) in [5.74, 6) is -0.748. The van der Waals surface area contributed by atoms with E-state index in [0.717, 1.165) is 30.4 Å². The van der Waals surface area contributed by atoms with Crippen molar-refractivity contribution in [1.82, 2.24) is 25.2 Å². The standard InChI is InChI=1S/C31H51N5O6S2/c1-6-7-8-9-10-11-12-16-31(5,22-37)34-28(39)23-14-13-17-36(23)27(38)19-32-29(40)33-26(30(2,3)4)21-35-20-24-25(15-18-43-24)44(35,41)42/h15,18,22-23,26H,6-14,16-17,19-21H2,1-5H3,(H,34,39)(H2,32,33,40)/t23-,26?,31-/m0/s1. The van der Waals surface area contributed by atoms with Crippen LogP contribution in [0.5, 0.6) is 0 Å².